The van der Waals surface area contributed by atoms with Gasteiger partial charge in [-0.25, -0.2) is 14.4 Å². The number of methoxy groups -OCH3 is 1. The second-order valence-electron chi connectivity index (χ2n) is 5.77. The monoisotopic (exact) mass is 366 g/mol. The number of rotatable bonds is 7. The molecule has 0 aliphatic heterocycles. The molecule has 2 N–H and O–H groups in total. The van der Waals surface area contributed by atoms with E-state index in [0.29, 0.717) is 30.2 Å². The van der Waals surface area contributed by atoms with Gasteiger partial charge in [-0.2, -0.15) is 0 Å². The molecule has 0 unspecified atom stereocenters. The number of carbonyl (C=O) groups is 1. The zero-order valence-corrected chi connectivity index (χ0v) is 14.8. The summed E-state index contributed by atoms with van der Waals surface area (Å²) in [5.41, 5.74) is 1.91. The van der Waals surface area contributed by atoms with Crippen molar-refractivity contribution in [2.24, 2.45) is 0 Å². The summed E-state index contributed by atoms with van der Waals surface area (Å²) in [4.78, 5) is 20.5. The van der Waals surface area contributed by atoms with Crippen LogP contribution in [0.1, 0.15) is 16.1 Å². The first-order valence-corrected chi connectivity index (χ1v) is 8.40. The highest BCUT2D eigenvalue weighted by atomic mass is 19.1. The second kappa shape index (κ2) is 8.75. The average molecular weight is 366 g/mol. The summed E-state index contributed by atoms with van der Waals surface area (Å²) in [7, 11) is 1.58. The molecule has 0 aliphatic rings. The zero-order chi connectivity index (χ0) is 19.1. The molecular weight excluding hydrogens is 347 g/mol. The standard InChI is InChI=1S/C20H19FN4O2/c1-27-17-8-6-16(7-9-17)25-20(26)18-12-19(24-13-23-18)22-11-10-14-2-4-15(21)5-3-14/h2-9,12-13H,10-11H2,1H3,(H,25,26)(H,22,23,24). The normalized spacial score (nSPS) is 10.3. The zero-order valence-electron chi connectivity index (χ0n) is 14.8. The Balaban J connectivity index is 1.57. The number of hydrogen-bond acceptors (Lipinski definition) is 5. The fraction of sp³-hybridized carbons (Fsp3) is 0.150. The van der Waals surface area contributed by atoms with Crippen molar-refractivity contribution in [3.8, 4) is 5.75 Å². The number of benzene rings is 2. The van der Waals surface area contributed by atoms with Crippen LogP contribution in [0.3, 0.4) is 0 Å². The molecular formula is C20H19FN4O2. The number of carbonyl (C=O) groups excluding carboxylic acids is 1. The molecule has 1 heterocycles. The van der Waals surface area contributed by atoms with E-state index in [0.717, 1.165) is 5.56 Å². The lowest BCUT2D eigenvalue weighted by atomic mass is 10.1. The summed E-state index contributed by atoms with van der Waals surface area (Å²) >= 11 is 0. The molecule has 7 heteroatoms. The first-order chi connectivity index (χ1) is 13.1. The number of ether oxygens (including phenoxy) is 1. The van der Waals surface area contributed by atoms with E-state index in [2.05, 4.69) is 20.6 Å². The Morgan fingerprint density at radius 3 is 2.52 bits per heavy atom. The molecule has 1 aromatic heterocycles. The first kappa shape index (κ1) is 18.3. The lowest BCUT2D eigenvalue weighted by Gasteiger charge is -2.08. The van der Waals surface area contributed by atoms with Gasteiger partial charge in [0.2, 0.25) is 0 Å². The average Bonchev–Trinajstić information content (AvgIpc) is 2.70. The van der Waals surface area contributed by atoms with Gasteiger partial charge in [0.15, 0.2) is 0 Å². The van der Waals surface area contributed by atoms with Gasteiger partial charge in [0, 0.05) is 18.3 Å². The first-order valence-electron chi connectivity index (χ1n) is 8.40. The molecule has 0 aliphatic carbocycles. The van der Waals surface area contributed by atoms with Crippen LogP contribution < -0.4 is 15.4 Å². The van der Waals surface area contributed by atoms with Crippen LogP contribution in [-0.4, -0.2) is 29.5 Å². The van der Waals surface area contributed by atoms with Crippen LogP contribution in [0.25, 0.3) is 0 Å². The van der Waals surface area contributed by atoms with Gasteiger partial charge in [0.05, 0.1) is 7.11 Å². The fourth-order valence-electron chi connectivity index (χ4n) is 2.43. The molecule has 0 radical (unpaired) electrons. The Kier molecular flexibility index (Phi) is 5.94. The van der Waals surface area contributed by atoms with Crippen molar-refractivity contribution < 1.29 is 13.9 Å². The number of anilines is 2. The number of amides is 1. The van der Waals surface area contributed by atoms with Gasteiger partial charge in [-0.05, 0) is 48.4 Å². The smallest absolute Gasteiger partial charge is 0.274 e. The van der Waals surface area contributed by atoms with Gasteiger partial charge in [0.25, 0.3) is 5.91 Å². The Morgan fingerprint density at radius 1 is 1.07 bits per heavy atom. The van der Waals surface area contributed by atoms with Crippen LogP contribution in [-0.2, 0) is 6.42 Å². The molecule has 3 rings (SSSR count). The molecule has 0 spiro atoms. The van der Waals surface area contributed by atoms with Crippen LogP contribution in [0.15, 0.2) is 60.9 Å². The quantitative estimate of drug-likeness (QED) is 0.669. The van der Waals surface area contributed by atoms with Gasteiger partial charge in [0.1, 0.15) is 29.4 Å². The number of nitrogens with one attached hydrogen (secondary N) is 2. The maximum Gasteiger partial charge on any atom is 0.274 e. The molecule has 0 saturated carbocycles. The Hall–Kier alpha value is -3.48. The highest BCUT2D eigenvalue weighted by Crippen LogP contribution is 2.16. The maximum absolute atomic E-state index is 12.9. The molecule has 0 saturated heterocycles. The minimum Gasteiger partial charge on any atom is -0.497 e. The highest BCUT2D eigenvalue weighted by Gasteiger charge is 2.09. The van der Waals surface area contributed by atoms with E-state index in [1.54, 1.807) is 49.6 Å². The number of hydrogen-bond donors (Lipinski definition) is 2. The van der Waals surface area contributed by atoms with Crippen LogP contribution in [0, 0.1) is 5.82 Å². The Labute approximate surface area is 156 Å². The van der Waals surface area contributed by atoms with Crippen molar-refractivity contribution >= 4 is 17.4 Å². The van der Waals surface area contributed by atoms with E-state index in [1.807, 2.05) is 0 Å². The predicted molar refractivity (Wildman–Crippen MR) is 102 cm³/mol. The Bertz CT molecular complexity index is 899. The van der Waals surface area contributed by atoms with E-state index in [1.165, 1.54) is 18.5 Å². The third kappa shape index (κ3) is 5.24. The van der Waals surface area contributed by atoms with Crippen molar-refractivity contribution in [1.29, 1.82) is 0 Å². The summed E-state index contributed by atoms with van der Waals surface area (Å²) in [6.45, 7) is 0.599. The van der Waals surface area contributed by atoms with E-state index in [9.17, 15) is 9.18 Å². The summed E-state index contributed by atoms with van der Waals surface area (Å²) in [6.07, 6.45) is 2.04. The largest absolute Gasteiger partial charge is 0.497 e. The van der Waals surface area contributed by atoms with Gasteiger partial charge < -0.3 is 15.4 Å². The molecule has 6 nitrogen and oxygen atoms in total. The summed E-state index contributed by atoms with van der Waals surface area (Å²) < 4.78 is 18.0. The molecule has 0 atom stereocenters. The minimum atomic E-state index is -0.329. The van der Waals surface area contributed by atoms with Crippen molar-refractivity contribution in [3.63, 3.8) is 0 Å². The van der Waals surface area contributed by atoms with Gasteiger partial charge in [-0.1, -0.05) is 12.1 Å². The molecule has 3 aromatic rings. The van der Waals surface area contributed by atoms with Crippen LogP contribution in [0.4, 0.5) is 15.9 Å². The van der Waals surface area contributed by atoms with E-state index in [4.69, 9.17) is 4.74 Å². The number of halogens is 1. The maximum atomic E-state index is 12.9. The summed E-state index contributed by atoms with van der Waals surface area (Å²) in [5.74, 6) is 0.675. The lowest BCUT2D eigenvalue weighted by Crippen LogP contribution is -2.15. The van der Waals surface area contributed by atoms with Crippen molar-refractivity contribution in [2.45, 2.75) is 6.42 Å². The topological polar surface area (TPSA) is 76.1 Å². The molecule has 1 amide bonds. The second-order valence-corrected chi connectivity index (χ2v) is 5.77. The molecule has 27 heavy (non-hydrogen) atoms. The molecule has 138 valence electrons. The van der Waals surface area contributed by atoms with E-state index in [-0.39, 0.29) is 17.4 Å². The van der Waals surface area contributed by atoms with Crippen LogP contribution in [0.5, 0.6) is 5.75 Å². The third-order valence-corrected chi connectivity index (χ3v) is 3.88. The number of nitrogens with zero attached hydrogens (tertiary/aromatic N) is 2. The number of aromatic nitrogens is 2. The van der Waals surface area contributed by atoms with Crippen LogP contribution >= 0.6 is 0 Å². The predicted octanol–water partition coefficient (Wildman–Crippen LogP) is 3.53. The third-order valence-electron chi connectivity index (χ3n) is 3.88. The molecule has 0 bridgehead atoms. The van der Waals surface area contributed by atoms with E-state index < -0.39 is 0 Å². The van der Waals surface area contributed by atoms with E-state index >= 15 is 0 Å². The van der Waals surface area contributed by atoms with Gasteiger partial charge in [-0.15, -0.1) is 0 Å². The highest BCUT2D eigenvalue weighted by molar-refractivity contribution is 6.03. The molecule has 2 aromatic carbocycles. The van der Waals surface area contributed by atoms with Gasteiger partial charge in [-0.3, -0.25) is 4.79 Å². The molecule has 0 fully saturated rings. The fourth-order valence-corrected chi connectivity index (χ4v) is 2.43. The lowest BCUT2D eigenvalue weighted by molar-refractivity contribution is 0.102. The van der Waals surface area contributed by atoms with Gasteiger partial charge >= 0.3 is 0 Å². The summed E-state index contributed by atoms with van der Waals surface area (Å²) in [6, 6.07) is 15.0. The van der Waals surface area contributed by atoms with Crippen molar-refractivity contribution in [2.75, 3.05) is 24.3 Å². The Morgan fingerprint density at radius 2 is 1.81 bits per heavy atom. The summed E-state index contributed by atoms with van der Waals surface area (Å²) in [5, 5.41) is 5.92. The van der Waals surface area contributed by atoms with Crippen molar-refractivity contribution in [1.82, 2.24) is 9.97 Å². The SMILES string of the molecule is COc1ccc(NC(=O)c2cc(NCCc3ccc(F)cc3)ncn2)cc1. The van der Waals surface area contributed by atoms with Crippen molar-refractivity contribution in [3.05, 3.63) is 78.0 Å². The minimum absolute atomic E-state index is 0.255. The van der Waals surface area contributed by atoms with Crippen LogP contribution in [0.2, 0.25) is 0 Å².